The first-order valence-corrected chi connectivity index (χ1v) is 22.2. The highest BCUT2D eigenvalue weighted by Gasteiger charge is 2.44. The van der Waals surface area contributed by atoms with Crippen LogP contribution in [0.15, 0.2) is 76.6 Å². The van der Waals surface area contributed by atoms with Gasteiger partial charge in [-0.1, -0.05) is 68.0 Å². The standard InChI is InChI=1S/C45H65N7O3S/c1-33-15-17-35(18-16-33)30-50-25-23-45(32-50)21-19-37(20-22-45)48-39(14-8-9-24-49(3)4)43(54)52-27-26-51(31-40(52)42(53)46-29-38-13-10-28-56-38)44-47-34(2)41(55-44)36-11-6-5-7-12-36/h5-7,10-13,15,17-18,28,33-34,37,39-41,48H,8-9,14,16,19-27,29-32H2,1-4H3,(H,46,53)/t33?,34-,37?,39+,40-,41+,45?/m0/s1. The summed E-state index contributed by atoms with van der Waals surface area (Å²) in [6, 6.07) is 14.1. The van der Waals surface area contributed by atoms with E-state index in [1.807, 2.05) is 40.6 Å². The maximum absolute atomic E-state index is 14.8. The van der Waals surface area contributed by atoms with Gasteiger partial charge in [0.1, 0.15) is 12.1 Å². The van der Waals surface area contributed by atoms with Crippen LogP contribution in [0.25, 0.3) is 0 Å². The number of ether oxygens (including phenoxy) is 1. The van der Waals surface area contributed by atoms with E-state index in [1.165, 1.54) is 37.9 Å². The van der Waals surface area contributed by atoms with Crippen molar-refractivity contribution in [1.29, 1.82) is 0 Å². The molecule has 2 N–H and O–H groups in total. The number of piperazine rings is 1. The number of amidine groups is 1. The van der Waals surface area contributed by atoms with Crippen LogP contribution in [0.2, 0.25) is 0 Å². The highest BCUT2D eigenvalue weighted by molar-refractivity contribution is 7.09. The number of allylic oxidation sites excluding steroid dienone is 2. The molecule has 7 rings (SSSR count). The Bertz CT molecular complexity index is 1690. The molecule has 5 aliphatic rings. The van der Waals surface area contributed by atoms with Gasteiger partial charge in [0.2, 0.25) is 11.8 Å². The number of rotatable bonds is 14. The number of nitrogens with zero attached hydrogens (tertiary/aromatic N) is 5. The minimum Gasteiger partial charge on any atom is -0.455 e. The zero-order valence-corrected chi connectivity index (χ0v) is 35.0. The Labute approximate surface area is 339 Å². The fourth-order valence-electron chi connectivity index (χ4n) is 9.43. The molecule has 1 aromatic carbocycles. The Morgan fingerprint density at radius 1 is 1.04 bits per heavy atom. The fraction of sp³-hybridized carbons (Fsp3) is 0.622. The lowest BCUT2D eigenvalue weighted by atomic mass is 9.72. The number of hydrogen-bond donors (Lipinski definition) is 2. The molecule has 5 atom stereocenters. The molecular weight excluding hydrogens is 719 g/mol. The topological polar surface area (TPSA) is 92.8 Å². The van der Waals surface area contributed by atoms with E-state index in [0.29, 0.717) is 49.6 Å². The molecule has 0 radical (unpaired) electrons. The smallest absolute Gasteiger partial charge is 0.288 e. The number of carbonyl (C=O) groups is 2. The number of likely N-dealkylation sites (tertiary alicyclic amines) is 1. The fourth-order valence-corrected chi connectivity index (χ4v) is 10.1. The first-order valence-electron chi connectivity index (χ1n) is 21.3. The van der Waals surface area contributed by atoms with Crippen LogP contribution in [0, 0.1) is 11.3 Å². The average molecular weight is 784 g/mol. The Kier molecular flexibility index (Phi) is 13.7. The highest BCUT2D eigenvalue weighted by atomic mass is 32.1. The Morgan fingerprint density at radius 3 is 2.59 bits per heavy atom. The van der Waals surface area contributed by atoms with Crippen LogP contribution in [-0.4, -0.2) is 122 Å². The van der Waals surface area contributed by atoms with Crippen molar-refractivity contribution < 1.29 is 14.3 Å². The van der Waals surface area contributed by atoms with Crippen molar-refractivity contribution in [2.24, 2.45) is 16.3 Å². The van der Waals surface area contributed by atoms with Crippen molar-refractivity contribution in [3.8, 4) is 0 Å². The molecule has 0 bridgehead atoms. The Hall–Kier alpha value is -3.51. The summed E-state index contributed by atoms with van der Waals surface area (Å²) in [5.74, 6) is 0.567. The molecule has 1 saturated carbocycles. The molecule has 4 heterocycles. The predicted octanol–water partition coefficient (Wildman–Crippen LogP) is 6.24. The third-order valence-electron chi connectivity index (χ3n) is 12.8. The van der Waals surface area contributed by atoms with Gasteiger partial charge in [0.05, 0.1) is 25.2 Å². The molecule has 2 saturated heterocycles. The van der Waals surface area contributed by atoms with Crippen LogP contribution in [0.4, 0.5) is 0 Å². The number of benzene rings is 1. The number of carbonyl (C=O) groups excluding carboxylic acids is 2. The molecule has 10 nitrogen and oxygen atoms in total. The largest absolute Gasteiger partial charge is 0.455 e. The third-order valence-corrected chi connectivity index (χ3v) is 13.7. The summed E-state index contributed by atoms with van der Waals surface area (Å²) >= 11 is 1.62. The number of hydrogen-bond acceptors (Lipinski definition) is 9. The number of unbranched alkanes of at least 4 members (excludes halogenated alkanes) is 1. The molecule has 1 unspecified atom stereocenters. The second kappa shape index (κ2) is 18.8. The lowest BCUT2D eigenvalue weighted by Gasteiger charge is -2.43. The van der Waals surface area contributed by atoms with Gasteiger partial charge in [0, 0.05) is 37.1 Å². The summed E-state index contributed by atoms with van der Waals surface area (Å²) in [6.45, 7) is 10.6. The first-order chi connectivity index (χ1) is 27.1. The van der Waals surface area contributed by atoms with Gasteiger partial charge in [-0.2, -0.15) is 0 Å². The first kappa shape index (κ1) is 40.7. The monoisotopic (exact) mass is 783 g/mol. The summed E-state index contributed by atoms with van der Waals surface area (Å²) in [6.07, 6.45) is 16.7. The summed E-state index contributed by atoms with van der Waals surface area (Å²) < 4.78 is 6.48. The van der Waals surface area contributed by atoms with E-state index in [9.17, 15) is 9.59 Å². The zero-order valence-electron chi connectivity index (χ0n) is 34.2. The van der Waals surface area contributed by atoms with Crippen LogP contribution in [-0.2, 0) is 20.9 Å². The summed E-state index contributed by atoms with van der Waals surface area (Å²) in [5.41, 5.74) is 2.95. The van der Waals surface area contributed by atoms with Crippen molar-refractivity contribution >= 4 is 29.2 Å². The predicted molar refractivity (Wildman–Crippen MR) is 226 cm³/mol. The number of nitrogens with one attached hydrogen (secondary N) is 2. The maximum Gasteiger partial charge on any atom is 0.288 e. The van der Waals surface area contributed by atoms with E-state index in [-0.39, 0.29) is 30.0 Å². The summed E-state index contributed by atoms with van der Waals surface area (Å²) in [5, 5.41) is 9.10. The molecule has 1 spiro atoms. The Morgan fingerprint density at radius 2 is 1.86 bits per heavy atom. The molecule has 3 fully saturated rings. The van der Waals surface area contributed by atoms with Crippen LogP contribution in [0.1, 0.15) is 88.2 Å². The molecule has 2 amide bonds. The molecule has 56 heavy (non-hydrogen) atoms. The summed E-state index contributed by atoms with van der Waals surface area (Å²) in [7, 11) is 4.21. The van der Waals surface area contributed by atoms with Crippen molar-refractivity contribution in [3.05, 3.63) is 82.1 Å². The van der Waals surface area contributed by atoms with Gasteiger partial charge in [-0.3, -0.25) is 14.5 Å². The molecule has 3 aliphatic heterocycles. The Balaban J connectivity index is 1.01. The molecule has 1 aromatic heterocycles. The number of amides is 2. The summed E-state index contributed by atoms with van der Waals surface area (Å²) in [4.78, 5) is 43.8. The van der Waals surface area contributed by atoms with E-state index in [4.69, 9.17) is 9.73 Å². The molecular formula is C45H65N7O3S. The van der Waals surface area contributed by atoms with Gasteiger partial charge in [-0.15, -0.1) is 11.3 Å². The molecule has 2 aliphatic carbocycles. The third kappa shape index (κ3) is 10.3. The van der Waals surface area contributed by atoms with E-state index in [1.54, 1.807) is 11.3 Å². The normalized spacial score (nSPS) is 28.7. The second-order valence-corrected chi connectivity index (χ2v) is 18.5. The van der Waals surface area contributed by atoms with Crippen molar-refractivity contribution in [3.63, 3.8) is 0 Å². The minimum absolute atomic E-state index is 0.0473. The second-order valence-electron chi connectivity index (χ2n) is 17.5. The van der Waals surface area contributed by atoms with E-state index >= 15 is 0 Å². The van der Waals surface area contributed by atoms with E-state index in [2.05, 4.69) is 83.6 Å². The molecule has 304 valence electrons. The van der Waals surface area contributed by atoms with Gasteiger partial charge in [0.25, 0.3) is 6.02 Å². The van der Waals surface area contributed by atoms with Gasteiger partial charge in [-0.25, -0.2) is 4.99 Å². The quantitative estimate of drug-likeness (QED) is 0.220. The molecule has 11 heteroatoms. The maximum atomic E-state index is 14.8. The van der Waals surface area contributed by atoms with Crippen LogP contribution < -0.4 is 10.6 Å². The van der Waals surface area contributed by atoms with Crippen molar-refractivity contribution in [1.82, 2.24) is 30.2 Å². The zero-order chi connectivity index (χ0) is 39.1. The minimum atomic E-state index is -0.656. The van der Waals surface area contributed by atoms with Crippen molar-refractivity contribution in [2.45, 2.75) is 108 Å². The number of aliphatic imine (C=N–C) groups is 1. The van der Waals surface area contributed by atoms with Crippen LogP contribution in [0.5, 0.6) is 0 Å². The van der Waals surface area contributed by atoms with Crippen LogP contribution >= 0.6 is 11.3 Å². The van der Waals surface area contributed by atoms with Gasteiger partial charge >= 0.3 is 0 Å². The van der Waals surface area contributed by atoms with E-state index < -0.39 is 6.04 Å². The SMILES string of the molecule is CC1C=CC(CN2CCC3(CCC(N[C@H](CCCCN(C)C)C(=O)N4CCN(C5=N[C@@H](C)[C@H](c6ccccc6)O5)C[C@H]4C(=O)NCc4cccs4)CC3)C2)=CC1. The number of thiophene rings is 1. The van der Waals surface area contributed by atoms with Gasteiger partial charge < -0.3 is 30.1 Å². The lowest BCUT2D eigenvalue weighted by Crippen LogP contribution is -2.64. The lowest BCUT2D eigenvalue weighted by molar-refractivity contribution is -0.145. The average Bonchev–Trinajstić information content (AvgIpc) is 3.97. The van der Waals surface area contributed by atoms with Crippen molar-refractivity contribution in [2.75, 3.05) is 59.9 Å². The van der Waals surface area contributed by atoms with Gasteiger partial charge in [0.15, 0.2) is 0 Å². The van der Waals surface area contributed by atoms with E-state index in [0.717, 1.165) is 62.1 Å². The molecule has 2 aromatic rings. The highest BCUT2D eigenvalue weighted by Crippen LogP contribution is 2.44. The van der Waals surface area contributed by atoms with Crippen LogP contribution in [0.3, 0.4) is 0 Å². The van der Waals surface area contributed by atoms with Gasteiger partial charge in [-0.05, 0) is 119 Å².